The Morgan fingerprint density at radius 2 is 2.10 bits per heavy atom. The van der Waals surface area contributed by atoms with E-state index in [1.807, 2.05) is 18.4 Å². The lowest BCUT2D eigenvalue weighted by molar-refractivity contribution is -0.163. The summed E-state index contributed by atoms with van der Waals surface area (Å²) in [6.07, 6.45) is -0.843. The molecule has 1 aromatic heterocycles. The third kappa shape index (κ3) is 3.21. The first-order valence-corrected chi connectivity index (χ1v) is 10.9. The van der Waals surface area contributed by atoms with E-state index in [2.05, 4.69) is 4.98 Å². The van der Waals surface area contributed by atoms with Crippen LogP contribution in [0.4, 0.5) is 0 Å². The predicted octanol–water partition coefficient (Wildman–Crippen LogP) is 2.15. The topological polar surface area (TPSA) is 134 Å². The Bertz CT molecular complexity index is 1090. The first kappa shape index (κ1) is 20.6. The van der Waals surface area contributed by atoms with Gasteiger partial charge in [-0.15, -0.1) is 11.3 Å². The molecule has 4 atom stereocenters. The van der Waals surface area contributed by atoms with Crippen LogP contribution in [-0.2, 0) is 9.59 Å². The second-order valence-electron chi connectivity index (χ2n) is 7.32. The maximum Gasteiger partial charge on any atom is 0.353 e. The summed E-state index contributed by atoms with van der Waals surface area (Å²) in [6.45, 7) is 3.41. The fourth-order valence-corrected chi connectivity index (χ4v) is 6.12. The summed E-state index contributed by atoms with van der Waals surface area (Å²) in [5, 5.41) is 21.5. The molecule has 1 saturated heterocycles. The van der Waals surface area contributed by atoms with Crippen LogP contribution in [0.3, 0.4) is 0 Å². The highest BCUT2D eigenvalue weighted by Gasteiger charge is 2.60. The number of aliphatic hydroxyl groups is 1. The number of thiazole rings is 1. The van der Waals surface area contributed by atoms with E-state index in [1.165, 1.54) is 28.0 Å². The van der Waals surface area contributed by atoms with E-state index in [0.29, 0.717) is 20.5 Å². The molecule has 0 saturated carbocycles. The van der Waals surface area contributed by atoms with E-state index in [4.69, 9.17) is 5.73 Å². The Kier molecular flexibility index (Phi) is 5.16. The van der Waals surface area contributed by atoms with Crippen molar-refractivity contribution in [2.24, 2.45) is 17.6 Å². The average Bonchev–Trinajstić information content (AvgIpc) is 3.24. The molecule has 0 spiro atoms. The number of carboxylic acids is 1. The summed E-state index contributed by atoms with van der Waals surface area (Å²) < 4.78 is 0.624. The lowest BCUT2D eigenvalue weighted by atomic mass is 9.79. The fraction of sp³-hybridized carbons (Fsp3) is 0.300. The second kappa shape index (κ2) is 7.53. The zero-order valence-corrected chi connectivity index (χ0v) is 17.7. The highest BCUT2D eigenvalue weighted by Crippen LogP contribution is 2.52. The standard InChI is InChI=1S/C20H19N3O5S2/c1-8-14-13(9(2)24)18(26)23(14)15(19(27)28)16(8)30-20-22-12(7-29-20)10-4-3-5-11(6-10)17(21)25/h3-9,13-14,24H,1-2H3,(H2,21,25)(H,27,28). The number of nitrogens with zero attached hydrogens (tertiary/aromatic N) is 2. The van der Waals surface area contributed by atoms with Crippen molar-refractivity contribution in [1.29, 1.82) is 0 Å². The predicted molar refractivity (Wildman–Crippen MR) is 112 cm³/mol. The van der Waals surface area contributed by atoms with Gasteiger partial charge in [0, 0.05) is 27.3 Å². The molecule has 2 amide bonds. The van der Waals surface area contributed by atoms with Crippen LogP contribution in [0.25, 0.3) is 11.3 Å². The van der Waals surface area contributed by atoms with Gasteiger partial charge in [-0.2, -0.15) is 0 Å². The van der Waals surface area contributed by atoms with Gasteiger partial charge in [-0.25, -0.2) is 9.78 Å². The van der Waals surface area contributed by atoms with Gasteiger partial charge >= 0.3 is 5.97 Å². The molecule has 1 aromatic carbocycles. The molecule has 8 nitrogen and oxygen atoms in total. The van der Waals surface area contributed by atoms with Crippen molar-refractivity contribution < 1.29 is 24.6 Å². The van der Waals surface area contributed by atoms with Crippen molar-refractivity contribution in [1.82, 2.24) is 9.88 Å². The summed E-state index contributed by atoms with van der Waals surface area (Å²) in [5.41, 5.74) is 7.06. The molecule has 4 unspecified atom stereocenters. The molecule has 4 N–H and O–H groups in total. The number of hydrogen-bond donors (Lipinski definition) is 3. The number of thioether (sulfide) groups is 1. The Morgan fingerprint density at radius 3 is 2.73 bits per heavy atom. The highest BCUT2D eigenvalue weighted by molar-refractivity contribution is 8.04. The minimum absolute atomic E-state index is 0.0353. The smallest absolute Gasteiger partial charge is 0.353 e. The number of benzene rings is 1. The summed E-state index contributed by atoms with van der Waals surface area (Å²) >= 11 is 2.57. The zero-order valence-electron chi connectivity index (χ0n) is 16.1. The van der Waals surface area contributed by atoms with Crippen LogP contribution in [0.5, 0.6) is 0 Å². The van der Waals surface area contributed by atoms with Crippen LogP contribution in [0, 0.1) is 11.8 Å². The zero-order chi connectivity index (χ0) is 21.7. The number of carboxylic acid groups (broad SMARTS) is 1. The van der Waals surface area contributed by atoms with Crippen LogP contribution in [-0.4, -0.2) is 50.0 Å². The van der Waals surface area contributed by atoms with Gasteiger partial charge in [0.2, 0.25) is 11.8 Å². The number of β-lactam (4-membered cyclic amide) rings is 1. The van der Waals surface area contributed by atoms with Crippen molar-refractivity contribution in [2.75, 3.05) is 0 Å². The van der Waals surface area contributed by atoms with E-state index < -0.39 is 23.9 Å². The number of aliphatic hydroxyl groups excluding tert-OH is 1. The molecule has 3 heterocycles. The lowest BCUT2D eigenvalue weighted by Gasteiger charge is -2.46. The number of aliphatic carboxylic acids is 1. The van der Waals surface area contributed by atoms with Gasteiger partial charge in [0.25, 0.3) is 0 Å². The molecule has 2 aliphatic rings. The minimum Gasteiger partial charge on any atom is -0.477 e. The summed E-state index contributed by atoms with van der Waals surface area (Å²) in [7, 11) is 0. The van der Waals surface area contributed by atoms with Crippen molar-refractivity contribution in [2.45, 2.75) is 30.3 Å². The van der Waals surface area contributed by atoms with E-state index in [9.17, 15) is 24.6 Å². The normalized spacial score (nSPS) is 23.9. The molecule has 156 valence electrons. The van der Waals surface area contributed by atoms with Gasteiger partial charge < -0.3 is 20.8 Å². The van der Waals surface area contributed by atoms with Crippen molar-refractivity contribution >= 4 is 40.9 Å². The molecule has 2 aromatic rings. The molecular formula is C20H19N3O5S2. The Morgan fingerprint density at radius 1 is 1.37 bits per heavy atom. The highest BCUT2D eigenvalue weighted by atomic mass is 32.2. The number of hydrogen-bond acceptors (Lipinski definition) is 7. The average molecular weight is 446 g/mol. The summed E-state index contributed by atoms with van der Waals surface area (Å²) in [6, 6.07) is 6.45. The summed E-state index contributed by atoms with van der Waals surface area (Å²) in [4.78, 5) is 42.1. The number of primary amides is 1. The Balaban J connectivity index is 1.63. The van der Waals surface area contributed by atoms with Gasteiger partial charge in [-0.05, 0) is 19.1 Å². The monoisotopic (exact) mass is 445 g/mol. The number of carbonyl (C=O) groups is 3. The third-order valence-corrected chi connectivity index (χ3v) is 7.66. The molecule has 0 radical (unpaired) electrons. The molecule has 0 bridgehead atoms. The van der Waals surface area contributed by atoms with E-state index in [0.717, 1.165) is 5.56 Å². The summed E-state index contributed by atoms with van der Waals surface area (Å²) in [5.74, 6) is -2.90. The number of fused-ring (bicyclic) bond motifs is 1. The molecule has 30 heavy (non-hydrogen) atoms. The van der Waals surface area contributed by atoms with Crippen molar-refractivity contribution in [3.63, 3.8) is 0 Å². The van der Waals surface area contributed by atoms with Gasteiger partial charge in [0.05, 0.1) is 23.8 Å². The number of amides is 2. The van der Waals surface area contributed by atoms with Crippen molar-refractivity contribution in [3.05, 3.63) is 45.8 Å². The Labute approximate surface area is 180 Å². The molecular weight excluding hydrogens is 426 g/mol. The van der Waals surface area contributed by atoms with Crippen molar-refractivity contribution in [3.8, 4) is 11.3 Å². The SMILES string of the molecule is CC(O)C1C(=O)N2C(C(=O)O)=C(Sc3nc(-c4cccc(C(N)=O)c4)cs3)C(C)C12. The molecule has 0 aliphatic carbocycles. The van der Waals surface area contributed by atoms with Gasteiger partial charge in [0.15, 0.2) is 4.34 Å². The fourth-order valence-electron chi connectivity index (χ4n) is 4.02. The number of rotatable bonds is 6. The Hall–Kier alpha value is -2.69. The van der Waals surface area contributed by atoms with Crippen LogP contribution >= 0.6 is 23.1 Å². The lowest BCUT2D eigenvalue weighted by Crippen LogP contribution is -2.63. The maximum absolute atomic E-state index is 12.4. The van der Waals surface area contributed by atoms with Gasteiger partial charge in [0.1, 0.15) is 5.70 Å². The second-order valence-corrected chi connectivity index (χ2v) is 9.46. The maximum atomic E-state index is 12.4. The van der Waals surface area contributed by atoms with E-state index in [1.54, 1.807) is 25.1 Å². The molecule has 2 aliphatic heterocycles. The minimum atomic E-state index is -1.17. The van der Waals surface area contributed by atoms with E-state index >= 15 is 0 Å². The van der Waals surface area contributed by atoms with Gasteiger partial charge in [-0.1, -0.05) is 30.8 Å². The van der Waals surface area contributed by atoms with E-state index in [-0.39, 0.29) is 23.6 Å². The van der Waals surface area contributed by atoms with Crippen LogP contribution < -0.4 is 5.73 Å². The first-order chi connectivity index (χ1) is 14.2. The number of carbonyl (C=O) groups excluding carboxylic acids is 2. The molecule has 4 rings (SSSR count). The van der Waals surface area contributed by atoms with Crippen LogP contribution in [0.15, 0.2) is 44.6 Å². The quantitative estimate of drug-likeness (QED) is 0.580. The largest absolute Gasteiger partial charge is 0.477 e. The van der Waals surface area contributed by atoms with Gasteiger partial charge in [-0.3, -0.25) is 9.59 Å². The molecule has 1 fully saturated rings. The molecule has 10 heteroatoms. The van der Waals surface area contributed by atoms with Crippen LogP contribution in [0.2, 0.25) is 0 Å². The number of nitrogens with two attached hydrogens (primary N) is 1. The van der Waals surface area contributed by atoms with Crippen LogP contribution in [0.1, 0.15) is 24.2 Å². The number of aromatic nitrogens is 1. The third-order valence-electron chi connectivity index (χ3n) is 5.43. The first-order valence-electron chi connectivity index (χ1n) is 9.23.